The number of fused-ring (bicyclic) bond motifs is 2. The molecular formula is C52H60N12O10S2. The number of sulfone groups is 1. The molecule has 6 aromatic heterocycles. The van der Waals surface area contributed by atoms with Gasteiger partial charge in [-0.2, -0.15) is 29.4 Å². The van der Waals surface area contributed by atoms with Crippen molar-refractivity contribution in [1.29, 1.82) is 0 Å². The zero-order valence-electron chi connectivity index (χ0n) is 42.5. The number of nitrogens with zero attached hydrogens (tertiary/aromatic N) is 10. The van der Waals surface area contributed by atoms with Crippen LogP contribution in [0.25, 0.3) is 44.9 Å². The third kappa shape index (κ3) is 10.6. The summed E-state index contributed by atoms with van der Waals surface area (Å²) in [4.78, 5) is 34.9. The van der Waals surface area contributed by atoms with Gasteiger partial charge in [-0.05, 0) is 81.9 Å². The maximum absolute atomic E-state index is 12.9. The molecule has 0 saturated heterocycles. The van der Waals surface area contributed by atoms with E-state index in [0.29, 0.717) is 73.5 Å². The lowest BCUT2D eigenvalue weighted by molar-refractivity contribution is -0.173. The molecule has 400 valence electrons. The first kappa shape index (κ1) is 53.6. The van der Waals surface area contributed by atoms with Gasteiger partial charge >= 0.3 is 11.9 Å². The molecule has 2 saturated carbocycles. The second-order valence-corrected chi connectivity index (χ2v) is 21.6. The van der Waals surface area contributed by atoms with Crippen molar-refractivity contribution in [2.75, 3.05) is 64.6 Å². The molecule has 2 fully saturated rings. The molecule has 2 aliphatic carbocycles. The fourth-order valence-corrected chi connectivity index (χ4v) is 11.9. The van der Waals surface area contributed by atoms with Gasteiger partial charge in [0.05, 0.1) is 78.9 Å². The van der Waals surface area contributed by atoms with E-state index in [1.54, 1.807) is 41.1 Å². The number of thioether (sulfide) groups is 1. The Hall–Kier alpha value is -7.22. The zero-order valence-corrected chi connectivity index (χ0v) is 44.1. The summed E-state index contributed by atoms with van der Waals surface area (Å²) in [6.07, 6.45) is 16.8. The molecule has 0 atom stereocenters. The quantitative estimate of drug-likeness (QED) is 0.0511. The van der Waals surface area contributed by atoms with Gasteiger partial charge in [0.2, 0.25) is 0 Å². The number of ether oxygens (including phenoxy) is 4. The Morgan fingerprint density at radius 3 is 1.47 bits per heavy atom. The maximum atomic E-state index is 12.9. The monoisotopic (exact) mass is 1080 g/mol. The number of aromatic nitrogens is 10. The Labute approximate surface area is 442 Å². The highest BCUT2D eigenvalue weighted by Crippen LogP contribution is 2.45. The van der Waals surface area contributed by atoms with Crippen LogP contribution in [-0.4, -0.2) is 144 Å². The fourth-order valence-electron chi connectivity index (χ4n) is 10.1. The number of hydrogen-bond acceptors (Lipinski definition) is 17. The topological polar surface area (TPSA) is 294 Å². The Morgan fingerprint density at radius 2 is 1.07 bits per heavy atom. The van der Waals surface area contributed by atoms with Crippen LogP contribution in [0, 0.1) is 0 Å². The standard InChI is InChI=1S/C26H30N6O6S.C26H30N6O4S/c1-37-12-13-38-26(25(33)34)10-8-17(9-11-26)21-22(39(2,35)36)23(27)32-24(30-21)20(15-29-32)18-14-28-31(16-18)19-6-4-3-5-7-19;1-35-12-13-36-26(25(33)34)10-8-17(9-11-26)21-22(37-2)23(27)32-24(30-21)20(15-29-32)18-14-28-31(16-18)19-6-4-3-5-7-19/h3-7,14-17H,8-13,27H2,1-2H3,(H,33,34);3-7,14-17H,8-13,27H2,1-2H3,(H,33,34). The molecule has 0 radical (unpaired) electrons. The number of nitrogens with two attached hydrogens (primary N) is 2. The first-order chi connectivity index (χ1) is 36.6. The van der Waals surface area contributed by atoms with Gasteiger partial charge in [0.15, 0.2) is 32.3 Å². The van der Waals surface area contributed by atoms with Gasteiger partial charge in [0.1, 0.15) is 16.5 Å². The Bertz CT molecular complexity index is 3460. The van der Waals surface area contributed by atoms with Crippen molar-refractivity contribution in [3.05, 3.63) is 109 Å². The number of benzene rings is 2. The minimum Gasteiger partial charge on any atom is -0.479 e. The molecule has 0 aliphatic heterocycles. The van der Waals surface area contributed by atoms with E-state index in [1.807, 2.05) is 84.0 Å². The summed E-state index contributed by atoms with van der Waals surface area (Å²) in [7, 11) is -0.695. The third-order valence-electron chi connectivity index (χ3n) is 14.2. The van der Waals surface area contributed by atoms with E-state index in [1.165, 1.54) is 23.4 Å². The van der Waals surface area contributed by atoms with Crippen LogP contribution < -0.4 is 11.5 Å². The van der Waals surface area contributed by atoms with Crippen LogP contribution in [-0.2, 0) is 38.4 Å². The van der Waals surface area contributed by atoms with E-state index in [2.05, 4.69) is 20.4 Å². The van der Waals surface area contributed by atoms with Crippen molar-refractivity contribution in [3.63, 3.8) is 0 Å². The van der Waals surface area contributed by atoms with Gasteiger partial charge in [0, 0.05) is 67.0 Å². The van der Waals surface area contributed by atoms with E-state index < -0.39 is 33.0 Å². The zero-order chi connectivity index (χ0) is 53.8. The van der Waals surface area contributed by atoms with Gasteiger partial charge < -0.3 is 40.6 Å². The number of para-hydroxylation sites is 2. The van der Waals surface area contributed by atoms with Crippen LogP contribution in [0.15, 0.2) is 108 Å². The molecule has 0 bridgehead atoms. The molecule has 6 heterocycles. The van der Waals surface area contributed by atoms with E-state index in [9.17, 15) is 28.2 Å². The Balaban J connectivity index is 0.000000186. The summed E-state index contributed by atoms with van der Waals surface area (Å²) in [5, 5.41) is 37.7. The van der Waals surface area contributed by atoms with Crippen LogP contribution >= 0.6 is 11.8 Å². The number of hydrogen-bond donors (Lipinski definition) is 4. The van der Waals surface area contributed by atoms with E-state index in [4.69, 9.17) is 40.4 Å². The Morgan fingerprint density at radius 1 is 0.645 bits per heavy atom. The summed E-state index contributed by atoms with van der Waals surface area (Å²) in [5.41, 5.74) is 17.6. The number of carboxylic acids is 2. The molecule has 0 unspecified atom stereocenters. The van der Waals surface area contributed by atoms with Crippen LogP contribution in [0.4, 0.5) is 11.6 Å². The predicted octanol–water partition coefficient (Wildman–Crippen LogP) is 6.74. The second-order valence-electron chi connectivity index (χ2n) is 18.8. The third-order valence-corrected chi connectivity index (χ3v) is 16.2. The van der Waals surface area contributed by atoms with Crippen LogP contribution in [0.3, 0.4) is 0 Å². The SMILES string of the molecule is COCCOC1(C(=O)O)CCC(c2nc3c(-c4cnn(-c5ccccc5)c4)cnn3c(N)c2S(C)(=O)=O)CC1.COCCOC1(C(=O)O)CCC(c2nc3c(-c4cnn(-c5ccccc5)c4)cnn3c(N)c2SC)CC1. The first-order valence-corrected chi connectivity index (χ1v) is 27.7. The van der Waals surface area contributed by atoms with E-state index >= 15 is 0 Å². The van der Waals surface area contributed by atoms with Gasteiger partial charge in [-0.25, -0.2) is 37.3 Å². The van der Waals surface area contributed by atoms with E-state index in [-0.39, 0.29) is 55.2 Å². The van der Waals surface area contributed by atoms with Crippen LogP contribution in [0.1, 0.15) is 74.6 Å². The number of nitrogen functional groups attached to an aromatic ring is 2. The predicted molar refractivity (Wildman–Crippen MR) is 284 cm³/mol. The van der Waals surface area contributed by atoms with Gasteiger partial charge in [-0.15, -0.1) is 11.8 Å². The molecule has 6 N–H and O–H groups in total. The summed E-state index contributed by atoms with van der Waals surface area (Å²) in [6, 6.07) is 19.5. The Kier molecular flexibility index (Phi) is 15.9. The molecule has 22 nitrogen and oxygen atoms in total. The molecule has 0 spiro atoms. The summed E-state index contributed by atoms with van der Waals surface area (Å²) in [6.45, 7) is 1.02. The van der Waals surface area contributed by atoms with Crippen molar-refractivity contribution < 1.29 is 47.2 Å². The smallest absolute Gasteiger partial charge is 0.335 e. The molecule has 76 heavy (non-hydrogen) atoms. The fraction of sp³-hybridized carbons (Fsp3) is 0.385. The van der Waals surface area contributed by atoms with Gasteiger partial charge in [-0.1, -0.05) is 36.4 Å². The molecule has 10 rings (SSSR count). The normalized spacial score (nSPS) is 19.9. The first-order valence-electron chi connectivity index (χ1n) is 24.6. The second kappa shape index (κ2) is 22.5. The summed E-state index contributed by atoms with van der Waals surface area (Å²) < 4.78 is 53.9. The van der Waals surface area contributed by atoms with Crippen molar-refractivity contribution in [3.8, 4) is 33.6 Å². The lowest BCUT2D eigenvalue weighted by Gasteiger charge is -2.37. The molecule has 2 aromatic carbocycles. The van der Waals surface area contributed by atoms with Crippen molar-refractivity contribution in [1.82, 2.24) is 48.8 Å². The van der Waals surface area contributed by atoms with Crippen LogP contribution in [0.2, 0.25) is 0 Å². The highest BCUT2D eigenvalue weighted by atomic mass is 32.2. The van der Waals surface area contributed by atoms with Crippen LogP contribution in [0.5, 0.6) is 0 Å². The highest BCUT2D eigenvalue weighted by molar-refractivity contribution is 7.98. The maximum Gasteiger partial charge on any atom is 0.335 e. The molecular weight excluding hydrogens is 1020 g/mol. The minimum absolute atomic E-state index is 0.0365. The average Bonchev–Trinajstić information content (AvgIpc) is 4.27. The number of anilines is 2. The van der Waals surface area contributed by atoms with Crippen molar-refractivity contribution >= 4 is 56.5 Å². The van der Waals surface area contributed by atoms with Gasteiger partial charge in [-0.3, -0.25) is 0 Å². The molecule has 8 aromatic rings. The van der Waals surface area contributed by atoms with E-state index in [0.717, 1.165) is 44.9 Å². The molecule has 24 heteroatoms. The lowest BCUT2D eigenvalue weighted by atomic mass is 9.77. The average molecular weight is 1080 g/mol. The minimum atomic E-state index is -3.78. The number of methoxy groups -OCH3 is 2. The van der Waals surface area contributed by atoms with Crippen molar-refractivity contribution in [2.24, 2.45) is 0 Å². The largest absolute Gasteiger partial charge is 0.479 e. The van der Waals surface area contributed by atoms with Crippen molar-refractivity contribution in [2.45, 2.75) is 84.2 Å². The summed E-state index contributed by atoms with van der Waals surface area (Å²) >= 11 is 1.53. The summed E-state index contributed by atoms with van der Waals surface area (Å²) in [5.74, 6) is -1.76. The van der Waals surface area contributed by atoms with Gasteiger partial charge in [0.25, 0.3) is 0 Å². The molecule has 2 aliphatic rings. The number of rotatable bonds is 18. The number of carbonyl (C=O) groups is 2. The lowest BCUT2D eigenvalue weighted by Crippen LogP contribution is -2.45. The highest BCUT2D eigenvalue weighted by Gasteiger charge is 2.46. The number of aliphatic carboxylic acids is 2. The molecule has 0 amide bonds. The number of carboxylic acid groups (broad SMARTS) is 2.